The Bertz CT molecular complexity index is 1300. The van der Waals surface area contributed by atoms with E-state index < -0.39 is 13.0 Å². The third-order valence-electron chi connectivity index (χ3n) is 7.12. The Kier molecular flexibility index (Phi) is 9.13. The lowest BCUT2D eigenvalue weighted by molar-refractivity contribution is -0.145. The Balaban J connectivity index is 1.57. The normalized spacial score (nSPS) is 13.2. The number of carbonyl (C=O) groups is 2. The second-order valence-electron chi connectivity index (χ2n) is 9.88. The van der Waals surface area contributed by atoms with Crippen LogP contribution in [0.3, 0.4) is 0 Å². The van der Waals surface area contributed by atoms with Gasteiger partial charge in [0, 0.05) is 50.0 Å². The average Bonchev–Trinajstić information content (AvgIpc) is 3.46. The van der Waals surface area contributed by atoms with Crippen LogP contribution in [-0.2, 0) is 29.2 Å². The summed E-state index contributed by atoms with van der Waals surface area (Å²) in [6.07, 6.45) is -2.52. The van der Waals surface area contributed by atoms with Gasteiger partial charge in [0.05, 0.1) is 18.6 Å². The summed E-state index contributed by atoms with van der Waals surface area (Å²) in [5.41, 5.74) is 5.05. The summed E-state index contributed by atoms with van der Waals surface area (Å²) in [4.78, 5) is 28.1. The zero-order chi connectivity index (χ0) is 28.1. The molecule has 2 aromatic carbocycles. The number of carbonyl (C=O) groups excluding carboxylic acids is 2. The monoisotopic (exact) mass is 541 g/mol. The molecule has 2 N–H and O–H groups in total. The van der Waals surface area contributed by atoms with E-state index in [1.807, 2.05) is 37.1 Å². The molecule has 1 aliphatic heterocycles. The number of rotatable bonds is 12. The van der Waals surface area contributed by atoms with Crippen molar-refractivity contribution in [3.8, 4) is 0 Å². The minimum absolute atomic E-state index is 0.0327. The van der Waals surface area contributed by atoms with Crippen molar-refractivity contribution < 1.29 is 18.4 Å². The molecule has 210 valence electrons. The number of nitrogens with zero attached hydrogens (tertiary/aromatic N) is 5. The molecule has 2 heterocycles. The molecular weight excluding hydrogens is 504 g/mol. The summed E-state index contributed by atoms with van der Waals surface area (Å²) in [6.45, 7) is 8.27. The Labute approximate surface area is 227 Å². The molecule has 4 rings (SSSR count). The van der Waals surface area contributed by atoms with Gasteiger partial charge in [-0.25, -0.2) is 13.8 Å². The number of likely N-dealkylation sites (N-methyl/N-ethyl adjacent to an activating group) is 2. The first-order valence-electron chi connectivity index (χ1n) is 13.2. The summed E-state index contributed by atoms with van der Waals surface area (Å²) in [5.74, 6) is -0.377. The minimum Gasteiger partial charge on any atom is -0.353 e. The van der Waals surface area contributed by atoms with Crippen LogP contribution in [0.25, 0.3) is 10.9 Å². The maximum atomic E-state index is 13.5. The SMILES string of the molecule is CCNCCNC(=O)CN(CC(=O)N(C)N1Cc2ccccc2C1)c1cc2nn(CC(F)F)c(C)c2cc1C. The fourth-order valence-corrected chi connectivity index (χ4v) is 4.92. The second kappa shape index (κ2) is 12.5. The molecule has 0 aliphatic carbocycles. The maximum Gasteiger partial charge on any atom is 0.257 e. The topological polar surface area (TPSA) is 85.7 Å². The van der Waals surface area contributed by atoms with Crippen LogP contribution >= 0.6 is 0 Å². The van der Waals surface area contributed by atoms with Gasteiger partial charge in [-0.05, 0) is 49.2 Å². The van der Waals surface area contributed by atoms with E-state index in [2.05, 4.69) is 27.9 Å². The van der Waals surface area contributed by atoms with Crippen molar-refractivity contribution in [1.29, 1.82) is 0 Å². The van der Waals surface area contributed by atoms with Crippen LogP contribution in [-0.4, -0.2) is 77.8 Å². The van der Waals surface area contributed by atoms with E-state index in [0.29, 0.717) is 43.1 Å². The lowest BCUT2D eigenvalue weighted by atomic mass is 10.1. The molecule has 39 heavy (non-hydrogen) atoms. The highest BCUT2D eigenvalue weighted by Crippen LogP contribution is 2.29. The molecule has 0 bridgehead atoms. The number of hydrogen-bond acceptors (Lipinski definition) is 6. The highest BCUT2D eigenvalue weighted by atomic mass is 19.3. The third kappa shape index (κ3) is 6.72. The van der Waals surface area contributed by atoms with Gasteiger partial charge >= 0.3 is 0 Å². The van der Waals surface area contributed by atoms with E-state index in [1.54, 1.807) is 29.9 Å². The number of fused-ring (bicyclic) bond motifs is 2. The molecule has 0 unspecified atom stereocenters. The molecule has 1 aromatic heterocycles. The molecule has 1 aliphatic rings. The van der Waals surface area contributed by atoms with Crippen LogP contribution in [0.4, 0.5) is 14.5 Å². The van der Waals surface area contributed by atoms with Gasteiger partial charge in [0.15, 0.2) is 0 Å². The van der Waals surface area contributed by atoms with Crippen LogP contribution in [0.1, 0.15) is 29.3 Å². The summed E-state index contributed by atoms with van der Waals surface area (Å²) in [6, 6.07) is 11.8. The van der Waals surface area contributed by atoms with Crippen molar-refractivity contribution in [3.63, 3.8) is 0 Å². The molecule has 0 saturated carbocycles. The van der Waals surface area contributed by atoms with Gasteiger partial charge in [0.25, 0.3) is 12.3 Å². The summed E-state index contributed by atoms with van der Waals surface area (Å²) in [5, 5.41) is 14.8. The second-order valence-corrected chi connectivity index (χ2v) is 9.88. The molecule has 2 amide bonds. The van der Waals surface area contributed by atoms with E-state index in [-0.39, 0.29) is 24.9 Å². The summed E-state index contributed by atoms with van der Waals surface area (Å²) in [7, 11) is 1.74. The first-order chi connectivity index (χ1) is 18.7. The molecule has 11 heteroatoms. The number of hydrazine groups is 1. The Hall–Kier alpha value is -3.57. The largest absolute Gasteiger partial charge is 0.353 e. The number of benzene rings is 2. The van der Waals surface area contributed by atoms with Crippen LogP contribution in [0.2, 0.25) is 0 Å². The zero-order valence-corrected chi connectivity index (χ0v) is 23.0. The number of halogens is 2. The molecule has 0 spiro atoms. The van der Waals surface area contributed by atoms with Crippen molar-refractivity contribution in [2.75, 3.05) is 44.7 Å². The highest BCUT2D eigenvalue weighted by molar-refractivity contribution is 5.91. The third-order valence-corrected chi connectivity index (χ3v) is 7.12. The van der Waals surface area contributed by atoms with Gasteiger partial charge < -0.3 is 15.5 Å². The van der Waals surface area contributed by atoms with Gasteiger partial charge in [-0.3, -0.25) is 19.3 Å². The number of aromatic nitrogens is 2. The van der Waals surface area contributed by atoms with Gasteiger partial charge in [-0.15, -0.1) is 0 Å². The molecule has 0 radical (unpaired) electrons. The van der Waals surface area contributed by atoms with E-state index in [0.717, 1.165) is 17.5 Å². The molecule has 0 atom stereocenters. The smallest absolute Gasteiger partial charge is 0.257 e. The fraction of sp³-hybridized carbons (Fsp3) is 0.464. The highest BCUT2D eigenvalue weighted by Gasteiger charge is 2.27. The molecule has 3 aromatic rings. The number of nitrogens with one attached hydrogen (secondary N) is 2. The molecule has 9 nitrogen and oxygen atoms in total. The van der Waals surface area contributed by atoms with Gasteiger partial charge in [0.1, 0.15) is 6.54 Å². The number of anilines is 1. The van der Waals surface area contributed by atoms with Crippen LogP contribution in [0.15, 0.2) is 36.4 Å². The lowest BCUT2D eigenvalue weighted by Crippen LogP contribution is -2.48. The summed E-state index contributed by atoms with van der Waals surface area (Å²) < 4.78 is 27.5. The first-order valence-corrected chi connectivity index (χ1v) is 13.2. The predicted octanol–water partition coefficient (Wildman–Crippen LogP) is 2.84. The maximum absolute atomic E-state index is 13.5. The first kappa shape index (κ1) is 28.4. The van der Waals surface area contributed by atoms with Crippen molar-refractivity contribution in [1.82, 2.24) is 30.4 Å². The Morgan fingerprint density at radius 2 is 1.77 bits per heavy atom. The molecular formula is C28H37F2N7O2. The number of hydrogen-bond donors (Lipinski definition) is 2. The van der Waals surface area contributed by atoms with Crippen molar-refractivity contribution in [2.45, 2.75) is 46.8 Å². The van der Waals surface area contributed by atoms with Crippen molar-refractivity contribution in [3.05, 3.63) is 58.8 Å². The molecule has 0 saturated heterocycles. The summed E-state index contributed by atoms with van der Waals surface area (Å²) >= 11 is 0. The van der Waals surface area contributed by atoms with Gasteiger partial charge in [-0.2, -0.15) is 5.10 Å². The predicted molar refractivity (Wildman–Crippen MR) is 147 cm³/mol. The van der Waals surface area contributed by atoms with Crippen molar-refractivity contribution >= 4 is 28.4 Å². The van der Waals surface area contributed by atoms with Gasteiger partial charge in [-0.1, -0.05) is 31.2 Å². The zero-order valence-electron chi connectivity index (χ0n) is 23.0. The fourth-order valence-electron chi connectivity index (χ4n) is 4.92. The number of aryl methyl sites for hydroxylation is 2. The van der Waals surface area contributed by atoms with Crippen LogP contribution in [0, 0.1) is 13.8 Å². The van der Waals surface area contributed by atoms with E-state index >= 15 is 0 Å². The number of alkyl halides is 2. The average molecular weight is 542 g/mol. The molecule has 0 fully saturated rings. The number of amides is 2. The van der Waals surface area contributed by atoms with Crippen LogP contribution < -0.4 is 15.5 Å². The van der Waals surface area contributed by atoms with E-state index in [4.69, 9.17) is 0 Å². The quantitative estimate of drug-likeness (QED) is 0.343. The van der Waals surface area contributed by atoms with Gasteiger partial charge in [0.2, 0.25) is 5.91 Å². The van der Waals surface area contributed by atoms with Crippen molar-refractivity contribution in [2.24, 2.45) is 0 Å². The Morgan fingerprint density at radius 3 is 2.41 bits per heavy atom. The van der Waals surface area contributed by atoms with Crippen LogP contribution in [0.5, 0.6) is 0 Å². The van der Waals surface area contributed by atoms with E-state index in [9.17, 15) is 18.4 Å². The Morgan fingerprint density at radius 1 is 1.08 bits per heavy atom. The minimum atomic E-state index is -2.52. The standard InChI is InChI=1S/C28H37F2N7O2/c1-5-31-10-11-32-27(38)17-35(18-28(39)34(4)36-14-21-8-6-7-9-22(21)15-36)25-13-24-23(12-19(25)2)20(3)37(33-24)16-26(29)30/h6-9,12-13,26,31H,5,10-11,14-18H2,1-4H3,(H,32,38). The lowest BCUT2D eigenvalue weighted by Gasteiger charge is -2.32. The van der Waals surface area contributed by atoms with E-state index in [1.165, 1.54) is 15.8 Å².